The molecule has 0 saturated heterocycles. The maximum atomic E-state index is 13.5. The Bertz CT molecular complexity index is 1350. The predicted octanol–water partition coefficient (Wildman–Crippen LogP) is 3.26. The number of rotatable bonds is 4. The molecule has 0 spiro atoms. The summed E-state index contributed by atoms with van der Waals surface area (Å²) < 4.78 is 4.76. The van der Waals surface area contributed by atoms with Crippen LogP contribution in [0.15, 0.2) is 71.2 Å². The zero-order valence-corrected chi connectivity index (χ0v) is 20.2. The van der Waals surface area contributed by atoms with E-state index < -0.39 is 23.2 Å². The number of nitriles is 1. The van der Waals surface area contributed by atoms with E-state index >= 15 is 0 Å². The highest BCUT2D eigenvalue weighted by Gasteiger charge is 2.44. The standard InChI is InChI=1S/C27H26N4O5/c1-27(2)12-20-23(21(33)13-27)22(15-4-6-17(7-5-15)26(35)36-3)19(14-28)24(29)31(20)30-25(34)16-8-10-18(32)11-9-16/h4-11,22,32H,12-13,29H2,1-3H3,(H,30,34). The summed E-state index contributed by atoms with van der Waals surface area (Å²) in [5.41, 5.74) is 11.0. The average molecular weight is 487 g/mol. The number of ether oxygens (including phenoxy) is 1. The normalized spacial score (nSPS) is 18.9. The molecule has 0 aromatic heterocycles. The lowest BCUT2D eigenvalue weighted by Gasteiger charge is -2.43. The Hall–Kier alpha value is -4.58. The topological polar surface area (TPSA) is 146 Å². The first kappa shape index (κ1) is 24.5. The van der Waals surface area contributed by atoms with Gasteiger partial charge in [-0.2, -0.15) is 5.26 Å². The van der Waals surface area contributed by atoms with Crippen molar-refractivity contribution in [3.63, 3.8) is 0 Å². The first-order valence-corrected chi connectivity index (χ1v) is 11.3. The van der Waals surface area contributed by atoms with Crippen molar-refractivity contribution >= 4 is 17.7 Å². The molecule has 1 amide bonds. The number of ketones is 1. The molecule has 4 N–H and O–H groups in total. The molecular formula is C27H26N4O5. The molecule has 1 unspecified atom stereocenters. The van der Waals surface area contributed by atoms with E-state index in [1.54, 1.807) is 24.3 Å². The monoisotopic (exact) mass is 486 g/mol. The molecule has 1 aliphatic carbocycles. The molecule has 1 atom stereocenters. The largest absolute Gasteiger partial charge is 0.508 e. The molecule has 0 bridgehead atoms. The van der Waals surface area contributed by atoms with E-state index in [2.05, 4.69) is 11.5 Å². The van der Waals surface area contributed by atoms with Crippen molar-refractivity contribution in [3.05, 3.63) is 87.9 Å². The Kier molecular flexibility index (Phi) is 6.29. The van der Waals surface area contributed by atoms with Gasteiger partial charge in [-0.1, -0.05) is 26.0 Å². The van der Waals surface area contributed by atoms with Crippen LogP contribution in [0.25, 0.3) is 0 Å². The van der Waals surface area contributed by atoms with Gasteiger partial charge in [0.25, 0.3) is 5.91 Å². The van der Waals surface area contributed by atoms with Crippen molar-refractivity contribution in [1.82, 2.24) is 10.4 Å². The highest BCUT2D eigenvalue weighted by molar-refractivity contribution is 6.01. The minimum absolute atomic E-state index is 0.0101. The highest BCUT2D eigenvalue weighted by Crippen LogP contribution is 2.48. The number of methoxy groups -OCH3 is 1. The molecule has 9 heteroatoms. The van der Waals surface area contributed by atoms with Crippen LogP contribution in [-0.2, 0) is 9.53 Å². The van der Waals surface area contributed by atoms with E-state index in [9.17, 15) is 24.8 Å². The maximum absolute atomic E-state index is 13.5. The summed E-state index contributed by atoms with van der Waals surface area (Å²) in [6.45, 7) is 3.91. The lowest BCUT2D eigenvalue weighted by atomic mass is 9.69. The number of carbonyl (C=O) groups is 3. The van der Waals surface area contributed by atoms with Crippen molar-refractivity contribution in [2.24, 2.45) is 11.1 Å². The van der Waals surface area contributed by atoms with Crippen LogP contribution < -0.4 is 11.2 Å². The van der Waals surface area contributed by atoms with Crippen LogP contribution in [0.5, 0.6) is 5.75 Å². The van der Waals surface area contributed by atoms with Crippen molar-refractivity contribution in [1.29, 1.82) is 5.26 Å². The molecule has 0 radical (unpaired) electrons. The van der Waals surface area contributed by atoms with Crippen molar-refractivity contribution in [2.75, 3.05) is 7.11 Å². The zero-order chi connectivity index (χ0) is 26.2. The molecule has 9 nitrogen and oxygen atoms in total. The van der Waals surface area contributed by atoms with Gasteiger partial charge >= 0.3 is 5.97 Å². The number of hydrogen-bond acceptors (Lipinski definition) is 8. The molecule has 2 aliphatic rings. The maximum Gasteiger partial charge on any atom is 0.337 e. The number of nitrogens with one attached hydrogen (secondary N) is 1. The van der Waals surface area contributed by atoms with Gasteiger partial charge in [0.1, 0.15) is 11.6 Å². The molecule has 0 saturated carbocycles. The molecule has 0 fully saturated rings. The van der Waals surface area contributed by atoms with Crippen LogP contribution in [0.2, 0.25) is 0 Å². The third kappa shape index (κ3) is 4.41. The van der Waals surface area contributed by atoms with Crippen LogP contribution in [-0.4, -0.2) is 34.9 Å². The molecular weight excluding hydrogens is 460 g/mol. The summed E-state index contributed by atoms with van der Waals surface area (Å²) in [5.74, 6) is -1.88. The number of hydrogen-bond donors (Lipinski definition) is 3. The van der Waals surface area contributed by atoms with Gasteiger partial charge in [0, 0.05) is 17.6 Å². The zero-order valence-electron chi connectivity index (χ0n) is 20.2. The number of phenolic OH excluding ortho intramolecular Hbond substituents is 1. The number of benzene rings is 2. The number of aromatic hydroxyl groups is 1. The lowest BCUT2D eigenvalue weighted by molar-refractivity contribution is -0.118. The smallest absolute Gasteiger partial charge is 0.337 e. The van der Waals surface area contributed by atoms with E-state index in [0.29, 0.717) is 28.8 Å². The van der Waals surface area contributed by atoms with E-state index in [-0.39, 0.29) is 34.9 Å². The Labute approximate surface area is 208 Å². The van der Waals surface area contributed by atoms with Crippen molar-refractivity contribution < 1.29 is 24.2 Å². The number of nitrogens with zero attached hydrogens (tertiary/aromatic N) is 2. The summed E-state index contributed by atoms with van der Waals surface area (Å²) in [5, 5.41) is 21.0. The molecule has 2 aromatic carbocycles. The van der Waals surface area contributed by atoms with Crippen LogP contribution in [0, 0.1) is 16.7 Å². The Morgan fingerprint density at radius 1 is 1.11 bits per heavy atom. The van der Waals surface area contributed by atoms with Crippen LogP contribution in [0.3, 0.4) is 0 Å². The Morgan fingerprint density at radius 2 is 1.72 bits per heavy atom. The van der Waals surface area contributed by atoms with Gasteiger partial charge in [0.05, 0.1) is 35.9 Å². The highest BCUT2D eigenvalue weighted by atomic mass is 16.5. The molecule has 4 rings (SSSR count). The Balaban J connectivity index is 1.82. The van der Waals surface area contributed by atoms with E-state index in [0.717, 1.165) is 0 Å². The second-order valence-corrected chi connectivity index (χ2v) is 9.58. The second kappa shape index (κ2) is 9.23. The van der Waals surface area contributed by atoms with Gasteiger partial charge in [0.2, 0.25) is 0 Å². The number of hydrazine groups is 1. The quantitative estimate of drug-likeness (QED) is 0.558. The van der Waals surface area contributed by atoms with Gasteiger partial charge in [-0.15, -0.1) is 0 Å². The van der Waals surface area contributed by atoms with Crippen LogP contribution in [0.4, 0.5) is 0 Å². The van der Waals surface area contributed by atoms with Crippen LogP contribution >= 0.6 is 0 Å². The Morgan fingerprint density at radius 3 is 2.31 bits per heavy atom. The minimum Gasteiger partial charge on any atom is -0.508 e. The van der Waals surface area contributed by atoms with E-state index in [4.69, 9.17) is 10.5 Å². The number of esters is 1. The lowest BCUT2D eigenvalue weighted by Crippen LogP contribution is -2.49. The van der Waals surface area contributed by atoms with Gasteiger partial charge in [-0.3, -0.25) is 15.0 Å². The van der Waals surface area contributed by atoms with Gasteiger partial charge in [-0.25, -0.2) is 9.80 Å². The summed E-state index contributed by atoms with van der Waals surface area (Å²) in [6.07, 6.45) is 0.695. The fraction of sp³-hybridized carbons (Fsp3) is 0.259. The van der Waals surface area contributed by atoms with Gasteiger partial charge < -0.3 is 15.6 Å². The SMILES string of the molecule is COC(=O)c1ccc(C2C(C#N)=C(N)N(NC(=O)c3ccc(O)cc3)C3=C2C(=O)CC(C)(C)C3)cc1. The van der Waals surface area contributed by atoms with Gasteiger partial charge in [0.15, 0.2) is 5.78 Å². The molecule has 2 aromatic rings. The molecule has 1 heterocycles. The number of amides is 1. The summed E-state index contributed by atoms with van der Waals surface area (Å²) in [4.78, 5) is 38.4. The fourth-order valence-corrected chi connectivity index (χ4v) is 4.68. The molecule has 1 aliphatic heterocycles. The van der Waals surface area contributed by atoms with Crippen molar-refractivity contribution in [2.45, 2.75) is 32.6 Å². The minimum atomic E-state index is -0.748. The number of allylic oxidation sites excluding steroid dienone is 3. The summed E-state index contributed by atoms with van der Waals surface area (Å²) >= 11 is 0. The van der Waals surface area contributed by atoms with Crippen LogP contribution in [0.1, 0.15) is 58.9 Å². The first-order valence-electron chi connectivity index (χ1n) is 11.3. The number of Topliss-reactive ketones (excluding diaryl/α,β-unsaturated/α-hetero) is 1. The third-order valence-electron chi connectivity index (χ3n) is 6.39. The number of nitrogens with two attached hydrogens (primary N) is 1. The van der Waals surface area contributed by atoms with E-state index in [1.807, 2.05) is 13.8 Å². The summed E-state index contributed by atoms with van der Waals surface area (Å²) in [6, 6.07) is 14.3. The first-order chi connectivity index (χ1) is 17.1. The fourth-order valence-electron chi connectivity index (χ4n) is 4.68. The predicted molar refractivity (Wildman–Crippen MR) is 130 cm³/mol. The molecule has 184 valence electrons. The molecule has 36 heavy (non-hydrogen) atoms. The van der Waals surface area contributed by atoms with E-state index in [1.165, 1.54) is 36.4 Å². The average Bonchev–Trinajstić information content (AvgIpc) is 2.84. The van der Waals surface area contributed by atoms with Crippen molar-refractivity contribution in [3.8, 4) is 11.8 Å². The second-order valence-electron chi connectivity index (χ2n) is 9.58. The van der Waals surface area contributed by atoms with Gasteiger partial charge in [-0.05, 0) is 53.8 Å². The number of phenols is 1. The number of carbonyl (C=O) groups excluding carboxylic acids is 3. The third-order valence-corrected chi connectivity index (χ3v) is 6.39. The summed E-state index contributed by atoms with van der Waals surface area (Å²) in [7, 11) is 1.29.